The first-order valence-electron chi connectivity index (χ1n) is 8.24. The van der Waals surface area contributed by atoms with Gasteiger partial charge in [0.2, 0.25) is 0 Å². The van der Waals surface area contributed by atoms with E-state index in [4.69, 9.17) is 28.6 Å². The molecule has 0 unspecified atom stereocenters. The van der Waals surface area contributed by atoms with E-state index in [9.17, 15) is 4.79 Å². The predicted molar refractivity (Wildman–Crippen MR) is 116 cm³/mol. The fraction of sp³-hybridized carbons (Fsp3) is 0.0476. The van der Waals surface area contributed by atoms with Crippen LogP contribution in [-0.2, 0) is 11.4 Å². The van der Waals surface area contributed by atoms with Crippen molar-refractivity contribution in [1.82, 2.24) is 5.32 Å². The van der Waals surface area contributed by atoms with Gasteiger partial charge in [0.15, 0.2) is 0 Å². The highest BCUT2D eigenvalue weighted by molar-refractivity contribution is 8.26. The lowest BCUT2D eigenvalue weighted by Crippen LogP contribution is -2.17. The number of carbonyl (C=O) groups excluding carboxylic acids is 1. The van der Waals surface area contributed by atoms with Crippen LogP contribution in [0.5, 0.6) is 5.75 Å². The Kier molecular flexibility index (Phi) is 5.16. The number of amides is 1. The molecule has 1 heterocycles. The second-order valence-electron chi connectivity index (χ2n) is 5.93. The summed E-state index contributed by atoms with van der Waals surface area (Å²) >= 11 is 12.6. The van der Waals surface area contributed by atoms with Gasteiger partial charge in [0.1, 0.15) is 16.7 Å². The maximum Gasteiger partial charge on any atom is 0.263 e. The van der Waals surface area contributed by atoms with Crippen LogP contribution in [-0.4, -0.2) is 10.2 Å². The van der Waals surface area contributed by atoms with Crippen LogP contribution < -0.4 is 10.1 Å². The van der Waals surface area contributed by atoms with Crippen molar-refractivity contribution in [1.29, 1.82) is 0 Å². The lowest BCUT2D eigenvalue weighted by Gasteiger charge is -2.13. The minimum Gasteiger partial charge on any atom is -0.488 e. The number of nitrogens with one attached hydrogen (secondary N) is 1. The first-order chi connectivity index (χ1) is 13.1. The number of rotatable bonds is 4. The number of halogens is 1. The summed E-state index contributed by atoms with van der Waals surface area (Å²) in [6, 6.07) is 19.5. The number of thioether (sulfide) groups is 1. The quantitative estimate of drug-likeness (QED) is 0.450. The van der Waals surface area contributed by atoms with Crippen molar-refractivity contribution in [3.8, 4) is 5.75 Å². The number of thiocarbonyl (C=S) groups is 1. The summed E-state index contributed by atoms with van der Waals surface area (Å²) in [4.78, 5) is 12.7. The summed E-state index contributed by atoms with van der Waals surface area (Å²) in [7, 11) is 0. The molecule has 4 rings (SSSR count). The van der Waals surface area contributed by atoms with Gasteiger partial charge in [0.05, 0.1) is 4.91 Å². The molecule has 0 saturated carbocycles. The summed E-state index contributed by atoms with van der Waals surface area (Å²) in [5.74, 6) is 0.502. The maximum absolute atomic E-state index is 12.1. The van der Waals surface area contributed by atoms with E-state index in [0.29, 0.717) is 26.6 Å². The van der Waals surface area contributed by atoms with Crippen molar-refractivity contribution < 1.29 is 9.53 Å². The molecule has 3 aromatic rings. The summed E-state index contributed by atoms with van der Waals surface area (Å²) in [5, 5.41) is 5.39. The predicted octanol–water partition coefficient (Wildman–Crippen LogP) is 5.56. The van der Waals surface area contributed by atoms with Crippen LogP contribution in [0.25, 0.3) is 16.8 Å². The fourth-order valence-corrected chi connectivity index (χ4v) is 4.09. The lowest BCUT2D eigenvalue weighted by molar-refractivity contribution is -0.115. The number of ether oxygens (including phenoxy) is 1. The van der Waals surface area contributed by atoms with E-state index in [-0.39, 0.29) is 5.91 Å². The first-order valence-corrected chi connectivity index (χ1v) is 9.85. The Morgan fingerprint density at radius 2 is 1.85 bits per heavy atom. The number of hydrogen-bond acceptors (Lipinski definition) is 4. The van der Waals surface area contributed by atoms with E-state index in [1.165, 1.54) is 11.8 Å². The van der Waals surface area contributed by atoms with Gasteiger partial charge in [-0.2, -0.15) is 0 Å². The molecule has 0 aromatic heterocycles. The van der Waals surface area contributed by atoms with E-state index in [1.54, 1.807) is 0 Å². The molecule has 27 heavy (non-hydrogen) atoms. The van der Waals surface area contributed by atoms with E-state index < -0.39 is 0 Å². The largest absolute Gasteiger partial charge is 0.488 e. The van der Waals surface area contributed by atoms with Crippen molar-refractivity contribution in [3.05, 3.63) is 81.7 Å². The van der Waals surface area contributed by atoms with E-state index in [0.717, 1.165) is 21.9 Å². The van der Waals surface area contributed by atoms with Crippen LogP contribution in [0.15, 0.2) is 65.6 Å². The molecular weight excluding hydrogens is 398 g/mol. The van der Waals surface area contributed by atoms with Gasteiger partial charge >= 0.3 is 0 Å². The Morgan fingerprint density at radius 3 is 2.63 bits per heavy atom. The van der Waals surface area contributed by atoms with Gasteiger partial charge in [-0.3, -0.25) is 4.79 Å². The topological polar surface area (TPSA) is 38.3 Å². The Balaban J connectivity index is 1.76. The summed E-state index contributed by atoms with van der Waals surface area (Å²) in [6.45, 7) is 0.339. The second-order valence-corrected chi connectivity index (χ2v) is 8.06. The van der Waals surface area contributed by atoms with Gasteiger partial charge in [-0.1, -0.05) is 84.1 Å². The monoisotopic (exact) mass is 411 g/mol. The van der Waals surface area contributed by atoms with Gasteiger partial charge in [-0.15, -0.1) is 0 Å². The van der Waals surface area contributed by atoms with Crippen molar-refractivity contribution in [2.45, 2.75) is 6.61 Å². The molecule has 1 aliphatic rings. The zero-order valence-electron chi connectivity index (χ0n) is 14.1. The zero-order valence-corrected chi connectivity index (χ0v) is 16.5. The molecule has 6 heteroatoms. The SMILES string of the molecule is O=C1NC(=S)SC1=Cc1c(OCc2ccccc2Cl)ccc2ccccc12. The summed E-state index contributed by atoms with van der Waals surface area (Å²) in [6.07, 6.45) is 1.84. The van der Waals surface area contributed by atoms with Crippen LogP contribution in [0.3, 0.4) is 0 Å². The van der Waals surface area contributed by atoms with Gasteiger partial charge in [0.25, 0.3) is 5.91 Å². The average Bonchev–Trinajstić information content (AvgIpc) is 2.99. The van der Waals surface area contributed by atoms with Crippen molar-refractivity contribution in [2.24, 2.45) is 0 Å². The van der Waals surface area contributed by atoms with Gasteiger partial charge in [-0.25, -0.2) is 0 Å². The molecule has 1 fully saturated rings. The number of carbonyl (C=O) groups is 1. The van der Waals surface area contributed by atoms with Crippen LogP contribution in [0.2, 0.25) is 5.02 Å². The third kappa shape index (κ3) is 3.86. The molecule has 3 nitrogen and oxygen atoms in total. The summed E-state index contributed by atoms with van der Waals surface area (Å²) in [5.41, 5.74) is 1.75. The molecule has 0 bridgehead atoms. The maximum atomic E-state index is 12.1. The van der Waals surface area contributed by atoms with E-state index in [1.807, 2.05) is 66.7 Å². The van der Waals surface area contributed by atoms with Crippen molar-refractivity contribution in [3.63, 3.8) is 0 Å². The van der Waals surface area contributed by atoms with Gasteiger partial charge in [-0.05, 0) is 29.0 Å². The second kappa shape index (κ2) is 7.72. The smallest absolute Gasteiger partial charge is 0.263 e. The molecule has 1 aliphatic heterocycles. The number of hydrogen-bond donors (Lipinski definition) is 1. The molecule has 0 atom stereocenters. The molecule has 1 N–H and O–H groups in total. The third-order valence-electron chi connectivity index (χ3n) is 4.19. The van der Waals surface area contributed by atoms with Gasteiger partial charge < -0.3 is 10.1 Å². The lowest BCUT2D eigenvalue weighted by atomic mass is 10.0. The minimum absolute atomic E-state index is 0.185. The van der Waals surface area contributed by atoms with E-state index >= 15 is 0 Å². The Bertz CT molecular complexity index is 1090. The Morgan fingerprint density at radius 1 is 1.07 bits per heavy atom. The van der Waals surface area contributed by atoms with E-state index in [2.05, 4.69) is 5.32 Å². The Hall–Kier alpha value is -2.34. The zero-order chi connectivity index (χ0) is 18.8. The number of fused-ring (bicyclic) bond motifs is 1. The molecular formula is C21H14ClNO2S2. The highest BCUT2D eigenvalue weighted by Crippen LogP contribution is 2.34. The molecule has 134 valence electrons. The molecule has 0 aliphatic carbocycles. The first kappa shape index (κ1) is 18.0. The highest BCUT2D eigenvalue weighted by Gasteiger charge is 2.23. The summed E-state index contributed by atoms with van der Waals surface area (Å²) < 4.78 is 6.54. The van der Waals surface area contributed by atoms with Crippen molar-refractivity contribution in [2.75, 3.05) is 0 Å². The molecule has 1 saturated heterocycles. The standard InChI is InChI=1S/C21H14ClNO2S2/c22-17-8-4-2-6-14(17)12-25-18-10-9-13-5-1-3-7-15(13)16(18)11-19-20(24)23-21(26)27-19/h1-11H,12H2,(H,23,24,26). The van der Waals surface area contributed by atoms with Crippen molar-refractivity contribution >= 4 is 62.7 Å². The average molecular weight is 412 g/mol. The molecule has 1 amide bonds. The molecule has 3 aromatic carbocycles. The van der Waals surface area contributed by atoms with Crippen LogP contribution in [0, 0.1) is 0 Å². The van der Waals surface area contributed by atoms with Gasteiger partial charge in [0, 0.05) is 16.1 Å². The third-order valence-corrected chi connectivity index (χ3v) is 5.72. The molecule has 0 radical (unpaired) electrons. The van der Waals surface area contributed by atoms with Crippen LogP contribution in [0.4, 0.5) is 0 Å². The number of benzene rings is 3. The molecule has 0 spiro atoms. The van der Waals surface area contributed by atoms with Crippen LogP contribution in [0.1, 0.15) is 11.1 Å². The highest BCUT2D eigenvalue weighted by atomic mass is 35.5. The fourth-order valence-electron chi connectivity index (χ4n) is 2.87. The Labute approximate surface area is 171 Å². The normalized spacial score (nSPS) is 15.4. The minimum atomic E-state index is -0.185. The van der Waals surface area contributed by atoms with Crippen LogP contribution >= 0.6 is 35.6 Å².